The summed E-state index contributed by atoms with van der Waals surface area (Å²) in [5.74, 6) is 1.28. The molecule has 1 nitrogen and oxygen atoms in total. The summed E-state index contributed by atoms with van der Waals surface area (Å²) < 4.78 is 5.79. The molecular formula is C10H16O. The lowest BCUT2D eigenvalue weighted by Crippen LogP contribution is -2.21. The lowest BCUT2D eigenvalue weighted by molar-refractivity contribution is 0.0448. The number of hydrogen-bond acceptors (Lipinski definition) is 1. The van der Waals surface area contributed by atoms with Gasteiger partial charge in [-0.05, 0) is 44.6 Å². The maximum Gasteiger partial charge on any atom is 0.0982 e. The average Bonchev–Trinajstić information content (AvgIpc) is 1.99. The maximum atomic E-state index is 5.79. The van der Waals surface area contributed by atoms with Crippen molar-refractivity contribution in [2.24, 2.45) is 0 Å². The van der Waals surface area contributed by atoms with Crippen LogP contribution in [0.1, 0.15) is 44.9 Å². The zero-order valence-electron chi connectivity index (χ0n) is 7.01. The monoisotopic (exact) mass is 152 g/mol. The van der Waals surface area contributed by atoms with Gasteiger partial charge in [-0.2, -0.15) is 0 Å². The van der Waals surface area contributed by atoms with Crippen molar-refractivity contribution in [2.75, 3.05) is 0 Å². The van der Waals surface area contributed by atoms with Gasteiger partial charge >= 0.3 is 0 Å². The van der Waals surface area contributed by atoms with Crippen LogP contribution in [0.4, 0.5) is 0 Å². The first-order valence-corrected chi connectivity index (χ1v) is 4.81. The fourth-order valence-corrected chi connectivity index (χ4v) is 1.62. The summed E-state index contributed by atoms with van der Waals surface area (Å²) in [6.45, 7) is 0. The molecule has 0 aliphatic heterocycles. The van der Waals surface area contributed by atoms with E-state index in [9.17, 15) is 0 Å². The Hall–Kier alpha value is -0.460. The summed E-state index contributed by atoms with van der Waals surface area (Å²) >= 11 is 0. The van der Waals surface area contributed by atoms with Crippen molar-refractivity contribution < 1.29 is 4.74 Å². The van der Waals surface area contributed by atoms with Gasteiger partial charge in [-0.15, -0.1) is 0 Å². The Morgan fingerprint density at radius 1 is 1.18 bits per heavy atom. The third kappa shape index (κ3) is 1.76. The molecule has 0 amide bonds. The summed E-state index contributed by atoms with van der Waals surface area (Å²) in [7, 11) is 0. The highest BCUT2D eigenvalue weighted by Crippen LogP contribution is 2.28. The van der Waals surface area contributed by atoms with Crippen LogP contribution in [0.15, 0.2) is 11.8 Å². The molecule has 0 N–H and O–H groups in total. The normalized spacial score (nSPS) is 25.6. The predicted molar refractivity (Wildman–Crippen MR) is 45.3 cm³/mol. The molecule has 0 heterocycles. The van der Waals surface area contributed by atoms with Crippen molar-refractivity contribution in [1.29, 1.82) is 0 Å². The molecule has 11 heavy (non-hydrogen) atoms. The molecule has 2 aliphatic rings. The van der Waals surface area contributed by atoms with Gasteiger partial charge < -0.3 is 4.74 Å². The fraction of sp³-hybridized carbons (Fsp3) is 0.800. The second kappa shape index (κ2) is 3.29. The summed E-state index contributed by atoms with van der Waals surface area (Å²) in [6.07, 6.45) is 11.9. The van der Waals surface area contributed by atoms with Crippen molar-refractivity contribution >= 4 is 0 Å². The van der Waals surface area contributed by atoms with Gasteiger partial charge in [0.25, 0.3) is 0 Å². The smallest absolute Gasteiger partial charge is 0.0982 e. The fourth-order valence-electron chi connectivity index (χ4n) is 1.62. The SMILES string of the molecule is C1=C(OC2CCC2)CCCC1. The van der Waals surface area contributed by atoms with Crippen LogP contribution in [-0.2, 0) is 4.74 Å². The average molecular weight is 152 g/mol. The van der Waals surface area contributed by atoms with Crippen LogP contribution < -0.4 is 0 Å². The Balaban J connectivity index is 1.79. The van der Waals surface area contributed by atoms with Gasteiger partial charge in [-0.25, -0.2) is 0 Å². The van der Waals surface area contributed by atoms with Crippen LogP contribution in [0.2, 0.25) is 0 Å². The highest BCUT2D eigenvalue weighted by Gasteiger charge is 2.20. The first-order chi connectivity index (χ1) is 5.45. The van der Waals surface area contributed by atoms with Gasteiger partial charge in [0.05, 0.1) is 11.9 Å². The minimum Gasteiger partial charge on any atom is -0.495 e. The van der Waals surface area contributed by atoms with E-state index in [1.54, 1.807) is 0 Å². The molecule has 0 spiro atoms. The van der Waals surface area contributed by atoms with Gasteiger partial charge in [-0.3, -0.25) is 0 Å². The second-order valence-electron chi connectivity index (χ2n) is 3.59. The van der Waals surface area contributed by atoms with Gasteiger partial charge in [0.15, 0.2) is 0 Å². The van der Waals surface area contributed by atoms with Gasteiger partial charge in [-0.1, -0.05) is 0 Å². The molecule has 62 valence electrons. The minimum atomic E-state index is 0.583. The van der Waals surface area contributed by atoms with E-state index in [2.05, 4.69) is 6.08 Å². The Labute approximate surface area is 68.4 Å². The summed E-state index contributed by atoms with van der Waals surface area (Å²) in [5, 5.41) is 0. The maximum absolute atomic E-state index is 5.79. The summed E-state index contributed by atoms with van der Waals surface area (Å²) in [6, 6.07) is 0. The van der Waals surface area contributed by atoms with Crippen LogP contribution in [0.25, 0.3) is 0 Å². The van der Waals surface area contributed by atoms with Crippen LogP contribution in [0.3, 0.4) is 0 Å². The summed E-state index contributed by atoms with van der Waals surface area (Å²) in [4.78, 5) is 0. The topological polar surface area (TPSA) is 9.23 Å². The van der Waals surface area contributed by atoms with E-state index >= 15 is 0 Å². The zero-order valence-corrected chi connectivity index (χ0v) is 7.01. The molecule has 2 rings (SSSR count). The van der Waals surface area contributed by atoms with E-state index < -0.39 is 0 Å². The Morgan fingerprint density at radius 3 is 2.64 bits per heavy atom. The van der Waals surface area contributed by atoms with Gasteiger partial charge in [0, 0.05) is 6.42 Å². The highest BCUT2D eigenvalue weighted by molar-refractivity contribution is 4.98. The molecule has 0 aromatic rings. The molecule has 0 atom stereocenters. The quantitative estimate of drug-likeness (QED) is 0.591. The number of ether oxygens (including phenoxy) is 1. The van der Waals surface area contributed by atoms with E-state index in [-0.39, 0.29) is 0 Å². The van der Waals surface area contributed by atoms with Crippen LogP contribution in [0, 0.1) is 0 Å². The molecule has 1 heteroatoms. The molecule has 0 aromatic heterocycles. The van der Waals surface area contributed by atoms with Crippen molar-refractivity contribution in [3.05, 3.63) is 11.8 Å². The van der Waals surface area contributed by atoms with E-state index in [1.165, 1.54) is 50.7 Å². The van der Waals surface area contributed by atoms with E-state index in [4.69, 9.17) is 4.74 Å². The van der Waals surface area contributed by atoms with Gasteiger partial charge in [0.1, 0.15) is 0 Å². The molecule has 2 aliphatic carbocycles. The lowest BCUT2D eigenvalue weighted by Gasteiger charge is -2.28. The van der Waals surface area contributed by atoms with Crippen molar-refractivity contribution in [3.8, 4) is 0 Å². The highest BCUT2D eigenvalue weighted by atomic mass is 16.5. The van der Waals surface area contributed by atoms with Gasteiger partial charge in [0.2, 0.25) is 0 Å². The van der Waals surface area contributed by atoms with E-state index in [0.717, 1.165) is 0 Å². The molecule has 1 saturated carbocycles. The predicted octanol–water partition coefficient (Wildman–Crippen LogP) is 3.01. The molecule has 1 fully saturated rings. The van der Waals surface area contributed by atoms with E-state index in [1.807, 2.05) is 0 Å². The standard InChI is InChI=1S/C10H16O/c1-2-5-9(6-3-1)11-10-7-4-8-10/h5,10H,1-4,6-8H2. The molecule has 0 aromatic carbocycles. The van der Waals surface area contributed by atoms with E-state index in [0.29, 0.717) is 6.10 Å². The van der Waals surface area contributed by atoms with Crippen molar-refractivity contribution in [2.45, 2.75) is 51.0 Å². The molecule has 0 unspecified atom stereocenters. The van der Waals surface area contributed by atoms with Crippen molar-refractivity contribution in [3.63, 3.8) is 0 Å². The first kappa shape index (κ1) is 7.20. The largest absolute Gasteiger partial charge is 0.495 e. The molecular weight excluding hydrogens is 136 g/mol. The molecule has 0 radical (unpaired) electrons. The number of allylic oxidation sites excluding steroid dienone is 2. The second-order valence-corrected chi connectivity index (χ2v) is 3.59. The molecule has 0 saturated heterocycles. The van der Waals surface area contributed by atoms with Crippen LogP contribution in [-0.4, -0.2) is 6.10 Å². The lowest BCUT2D eigenvalue weighted by atomic mass is 9.96. The number of rotatable bonds is 2. The Bertz CT molecular complexity index is 156. The molecule has 0 bridgehead atoms. The Morgan fingerprint density at radius 2 is 2.09 bits per heavy atom. The van der Waals surface area contributed by atoms with Crippen LogP contribution in [0.5, 0.6) is 0 Å². The third-order valence-electron chi connectivity index (χ3n) is 2.62. The van der Waals surface area contributed by atoms with Crippen molar-refractivity contribution in [1.82, 2.24) is 0 Å². The van der Waals surface area contributed by atoms with Crippen LogP contribution >= 0.6 is 0 Å². The summed E-state index contributed by atoms with van der Waals surface area (Å²) in [5.41, 5.74) is 0. The zero-order chi connectivity index (χ0) is 7.52. The number of hydrogen-bond donors (Lipinski definition) is 0. The first-order valence-electron chi connectivity index (χ1n) is 4.81. The third-order valence-corrected chi connectivity index (χ3v) is 2.62. The Kier molecular flexibility index (Phi) is 2.16. The minimum absolute atomic E-state index is 0.583.